The first-order valence-electron chi connectivity index (χ1n) is 4.78. The van der Waals surface area contributed by atoms with Crippen molar-refractivity contribution in [3.63, 3.8) is 0 Å². The summed E-state index contributed by atoms with van der Waals surface area (Å²) in [5.74, 6) is 0.685. The third-order valence-corrected chi connectivity index (χ3v) is 2.68. The van der Waals surface area contributed by atoms with Crippen molar-refractivity contribution in [3.8, 4) is 0 Å². The number of nitrogen functional groups attached to an aromatic ring is 1. The molecule has 2 aromatic heterocycles. The Kier molecular flexibility index (Phi) is 3.09. The Bertz CT molecular complexity index is 494. The largest absolute Gasteiger partial charge is 0.396 e. The highest BCUT2D eigenvalue weighted by atomic mass is 79.9. The highest BCUT2D eigenvalue weighted by molar-refractivity contribution is 9.10. The zero-order valence-electron chi connectivity index (χ0n) is 8.81. The van der Waals surface area contributed by atoms with E-state index in [0.717, 1.165) is 10.2 Å². The molecule has 0 aliphatic heterocycles. The fraction of sp³-hybridized carbons (Fsp3) is 0.200. The van der Waals surface area contributed by atoms with Gasteiger partial charge in [-0.1, -0.05) is 0 Å². The molecule has 0 atom stereocenters. The van der Waals surface area contributed by atoms with Crippen LogP contribution < -0.4 is 11.1 Å². The summed E-state index contributed by atoms with van der Waals surface area (Å²) in [6, 6.07) is 3.76. The van der Waals surface area contributed by atoms with Gasteiger partial charge in [0, 0.05) is 23.9 Å². The first-order chi connectivity index (χ1) is 7.66. The molecule has 0 amide bonds. The molecule has 0 aromatic carbocycles. The summed E-state index contributed by atoms with van der Waals surface area (Å²) >= 11 is 3.31. The topological polar surface area (TPSA) is 68.8 Å². The van der Waals surface area contributed by atoms with Gasteiger partial charge >= 0.3 is 0 Å². The van der Waals surface area contributed by atoms with Crippen molar-refractivity contribution in [3.05, 3.63) is 34.7 Å². The molecule has 2 heterocycles. The third-order valence-electron chi connectivity index (χ3n) is 2.24. The van der Waals surface area contributed by atoms with Crippen molar-refractivity contribution in [1.82, 2.24) is 14.8 Å². The molecule has 6 heteroatoms. The van der Waals surface area contributed by atoms with E-state index in [2.05, 4.69) is 31.3 Å². The van der Waals surface area contributed by atoms with E-state index in [1.165, 1.54) is 0 Å². The minimum absolute atomic E-state index is 0.622. The maximum atomic E-state index is 5.82. The van der Waals surface area contributed by atoms with Crippen molar-refractivity contribution < 1.29 is 0 Å². The summed E-state index contributed by atoms with van der Waals surface area (Å²) in [6.07, 6.45) is 3.47. The molecule has 0 radical (unpaired) electrons. The second-order valence-electron chi connectivity index (χ2n) is 3.39. The number of rotatable bonds is 3. The Hall–Kier alpha value is -1.56. The molecule has 0 bridgehead atoms. The van der Waals surface area contributed by atoms with E-state index < -0.39 is 0 Å². The van der Waals surface area contributed by atoms with Gasteiger partial charge in [-0.2, -0.15) is 5.10 Å². The Morgan fingerprint density at radius 1 is 1.56 bits per heavy atom. The van der Waals surface area contributed by atoms with Gasteiger partial charge in [0.25, 0.3) is 0 Å². The maximum absolute atomic E-state index is 5.82. The first kappa shape index (κ1) is 10.9. The number of nitrogens with one attached hydrogen (secondary N) is 1. The molecular formula is C10H12BrN5. The number of aromatic nitrogens is 3. The Morgan fingerprint density at radius 3 is 3.00 bits per heavy atom. The van der Waals surface area contributed by atoms with E-state index in [1.807, 2.05) is 23.9 Å². The fourth-order valence-corrected chi connectivity index (χ4v) is 1.70. The lowest BCUT2D eigenvalue weighted by Crippen LogP contribution is -2.08. The van der Waals surface area contributed by atoms with Crippen molar-refractivity contribution in [1.29, 1.82) is 0 Å². The molecule has 5 nitrogen and oxygen atoms in total. The molecule has 0 spiro atoms. The molecular weight excluding hydrogens is 270 g/mol. The minimum Gasteiger partial charge on any atom is -0.396 e. The number of aryl methyl sites for hydroxylation is 1. The number of pyridine rings is 1. The summed E-state index contributed by atoms with van der Waals surface area (Å²) in [4.78, 5) is 4.19. The van der Waals surface area contributed by atoms with Gasteiger partial charge in [-0.05, 0) is 28.1 Å². The number of nitrogens with zero attached hydrogens (tertiary/aromatic N) is 3. The number of hydrogen-bond acceptors (Lipinski definition) is 4. The van der Waals surface area contributed by atoms with E-state index >= 15 is 0 Å². The molecule has 0 saturated heterocycles. The van der Waals surface area contributed by atoms with Crippen LogP contribution in [-0.4, -0.2) is 14.8 Å². The molecule has 0 fully saturated rings. The van der Waals surface area contributed by atoms with Crippen LogP contribution in [0.3, 0.4) is 0 Å². The highest BCUT2D eigenvalue weighted by Crippen LogP contribution is 2.20. The van der Waals surface area contributed by atoms with Gasteiger partial charge in [-0.15, -0.1) is 0 Å². The Morgan fingerprint density at radius 2 is 2.38 bits per heavy atom. The SMILES string of the molecule is Cn1nccc1CNc1ncc(Br)cc1N. The van der Waals surface area contributed by atoms with E-state index in [0.29, 0.717) is 18.1 Å². The Labute approximate surface area is 102 Å². The van der Waals surface area contributed by atoms with Gasteiger partial charge in [0.05, 0.1) is 17.9 Å². The van der Waals surface area contributed by atoms with Crippen LogP contribution in [0.1, 0.15) is 5.69 Å². The van der Waals surface area contributed by atoms with Crippen LogP contribution in [0.4, 0.5) is 11.5 Å². The first-order valence-corrected chi connectivity index (χ1v) is 5.58. The summed E-state index contributed by atoms with van der Waals surface area (Å²) < 4.78 is 2.68. The number of halogens is 1. The number of nitrogens with two attached hydrogens (primary N) is 1. The predicted octanol–water partition coefficient (Wildman–Crippen LogP) is 1.77. The molecule has 2 rings (SSSR count). The van der Waals surface area contributed by atoms with Crippen molar-refractivity contribution in [2.45, 2.75) is 6.54 Å². The predicted molar refractivity (Wildman–Crippen MR) is 66.9 cm³/mol. The van der Waals surface area contributed by atoms with Crippen molar-refractivity contribution in [2.24, 2.45) is 7.05 Å². The average Bonchev–Trinajstić information content (AvgIpc) is 2.63. The van der Waals surface area contributed by atoms with Crippen LogP contribution in [0.15, 0.2) is 29.0 Å². The minimum atomic E-state index is 0.622. The smallest absolute Gasteiger partial charge is 0.149 e. The average molecular weight is 282 g/mol. The molecule has 3 N–H and O–H groups in total. The lowest BCUT2D eigenvalue weighted by Gasteiger charge is -2.08. The van der Waals surface area contributed by atoms with Gasteiger partial charge in [0.1, 0.15) is 5.82 Å². The zero-order valence-corrected chi connectivity index (χ0v) is 10.4. The summed E-state index contributed by atoms with van der Waals surface area (Å²) in [5, 5.41) is 7.25. The summed E-state index contributed by atoms with van der Waals surface area (Å²) in [5.41, 5.74) is 7.52. The standard InChI is InChI=1S/C10H12BrN5/c1-16-8(2-3-15-16)6-14-10-9(12)4-7(11)5-13-10/h2-5H,6,12H2,1H3,(H,13,14). The molecule has 2 aromatic rings. The molecule has 0 aliphatic carbocycles. The van der Waals surface area contributed by atoms with Gasteiger partial charge in [-0.3, -0.25) is 4.68 Å². The van der Waals surface area contributed by atoms with Crippen molar-refractivity contribution in [2.75, 3.05) is 11.1 Å². The van der Waals surface area contributed by atoms with E-state index in [9.17, 15) is 0 Å². The van der Waals surface area contributed by atoms with E-state index in [1.54, 1.807) is 12.4 Å². The van der Waals surface area contributed by atoms with Crippen LogP contribution in [-0.2, 0) is 13.6 Å². The summed E-state index contributed by atoms with van der Waals surface area (Å²) in [7, 11) is 1.90. The zero-order chi connectivity index (χ0) is 11.5. The highest BCUT2D eigenvalue weighted by Gasteiger charge is 2.03. The van der Waals surface area contributed by atoms with Crippen molar-refractivity contribution >= 4 is 27.4 Å². The molecule has 84 valence electrons. The monoisotopic (exact) mass is 281 g/mol. The molecule has 0 aliphatic rings. The molecule has 0 unspecified atom stereocenters. The maximum Gasteiger partial charge on any atom is 0.149 e. The lowest BCUT2D eigenvalue weighted by atomic mass is 10.3. The number of hydrogen-bond donors (Lipinski definition) is 2. The van der Waals surface area contributed by atoms with Crippen LogP contribution in [0.5, 0.6) is 0 Å². The summed E-state index contributed by atoms with van der Waals surface area (Å²) in [6.45, 7) is 0.648. The van der Waals surface area contributed by atoms with Crippen LogP contribution >= 0.6 is 15.9 Å². The van der Waals surface area contributed by atoms with Gasteiger partial charge in [-0.25, -0.2) is 4.98 Å². The second-order valence-corrected chi connectivity index (χ2v) is 4.31. The molecule has 16 heavy (non-hydrogen) atoms. The Balaban J connectivity index is 2.08. The van der Waals surface area contributed by atoms with E-state index in [4.69, 9.17) is 5.73 Å². The van der Waals surface area contributed by atoms with Crippen LogP contribution in [0, 0.1) is 0 Å². The van der Waals surface area contributed by atoms with Gasteiger partial charge < -0.3 is 11.1 Å². The quantitative estimate of drug-likeness (QED) is 0.900. The molecule has 0 saturated carbocycles. The second kappa shape index (κ2) is 4.52. The van der Waals surface area contributed by atoms with Crippen LogP contribution in [0.25, 0.3) is 0 Å². The normalized spacial score (nSPS) is 10.4. The lowest BCUT2D eigenvalue weighted by molar-refractivity contribution is 0.720. The fourth-order valence-electron chi connectivity index (χ4n) is 1.35. The van der Waals surface area contributed by atoms with Crippen LogP contribution in [0.2, 0.25) is 0 Å². The number of anilines is 2. The van der Waals surface area contributed by atoms with Gasteiger partial charge in [0.15, 0.2) is 0 Å². The van der Waals surface area contributed by atoms with Gasteiger partial charge in [0.2, 0.25) is 0 Å². The third kappa shape index (κ3) is 2.33. The van der Waals surface area contributed by atoms with E-state index in [-0.39, 0.29) is 0 Å².